The summed E-state index contributed by atoms with van der Waals surface area (Å²) in [6, 6.07) is 2.28. The molecule has 2 aromatic heterocycles. The summed E-state index contributed by atoms with van der Waals surface area (Å²) < 4.78 is 1.80. The van der Waals surface area contributed by atoms with Crippen molar-refractivity contribution in [3.05, 3.63) is 33.3 Å². The van der Waals surface area contributed by atoms with Crippen LogP contribution < -0.4 is 0 Å². The largest absolute Gasteiger partial charge is 0.390 e. The normalized spacial score (nSPS) is 21.0. The number of hydrogen-bond donors (Lipinski definition) is 1. The molecule has 2 aliphatic rings. The van der Waals surface area contributed by atoms with Crippen molar-refractivity contribution in [3.8, 4) is 0 Å². The number of amides is 1. The average molecular weight is 360 g/mol. The lowest BCUT2D eigenvalue weighted by Crippen LogP contribution is -2.40. The number of fused-ring (bicyclic) bond motifs is 1. The molecule has 0 radical (unpaired) electrons. The van der Waals surface area contributed by atoms with Crippen molar-refractivity contribution in [2.45, 2.75) is 57.6 Å². The highest BCUT2D eigenvalue weighted by Gasteiger charge is 2.28. The van der Waals surface area contributed by atoms with Gasteiger partial charge in [0.05, 0.1) is 23.7 Å². The number of nitrogens with zero attached hydrogens (tertiary/aromatic N) is 4. The second-order valence-corrected chi connectivity index (χ2v) is 8.15. The maximum atomic E-state index is 13.0. The fourth-order valence-corrected chi connectivity index (χ4v) is 5.07. The van der Waals surface area contributed by atoms with Crippen molar-refractivity contribution in [2.24, 2.45) is 0 Å². The second-order valence-electron chi connectivity index (χ2n) is 7.01. The first kappa shape index (κ1) is 16.7. The molecule has 0 aromatic carbocycles. The third-order valence-electron chi connectivity index (χ3n) is 5.23. The van der Waals surface area contributed by atoms with Crippen molar-refractivity contribution >= 4 is 17.2 Å². The van der Waals surface area contributed by atoms with E-state index in [-0.39, 0.29) is 18.6 Å². The summed E-state index contributed by atoms with van der Waals surface area (Å²) in [5, 5.41) is 17.2. The first-order valence-corrected chi connectivity index (χ1v) is 9.98. The number of hydrogen-bond acceptors (Lipinski definition) is 5. The van der Waals surface area contributed by atoms with Crippen molar-refractivity contribution < 1.29 is 9.90 Å². The first-order chi connectivity index (χ1) is 12.2. The Hall–Kier alpha value is -1.73. The van der Waals surface area contributed by atoms with E-state index in [1.165, 1.54) is 29.7 Å². The van der Waals surface area contributed by atoms with Crippen molar-refractivity contribution in [1.29, 1.82) is 0 Å². The van der Waals surface area contributed by atoms with Crippen LogP contribution in [0.1, 0.15) is 64.0 Å². The number of carbonyl (C=O) groups is 1. The van der Waals surface area contributed by atoms with Gasteiger partial charge in [0.2, 0.25) is 0 Å². The van der Waals surface area contributed by atoms with Crippen LogP contribution in [0.5, 0.6) is 0 Å². The van der Waals surface area contributed by atoms with Crippen molar-refractivity contribution in [3.63, 3.8) is 0 Å². The third-order valence-corrected chi connectivity index (χ3v) is 6.46. The maximum Gasteiger partial charge on any atom is 0.264 e. The molecule has 4 rings (SSSR count). The van der Waals surface area contributed by atoms with Gasteiger partial charge in [-0.25, -0.2) is 4.68 Å². The van der Waals surface area contributed by atoms with E-state index in [1.807, 2.05) is 4.90 Å². The minimum Gasteiger partial charge on any atom is -0.390 e. The van der Waals surface area contributed by atoms with E-state index in [9.17, 15) is 4.79 Å². The van der Waals surface area contributed by atoms with Crippen molar-refractivity contribution in [1.82, 2.24) is 19.9 Å². The van der Waals surface area contributed by atoms with E-state index in [0.29, 0.717) is 12.2 Å². The van der Waals surface area contributed by atoms with Gasteiger partial charge in [-0.1, -0.05) is 11.6 Å². The van der Waals surface area contributed by atoms with Crippen LogP contribution in [-0.2, 0) is 19.4 Å². The second kappa shape index (κ2) is 7.25. The highest BCUT2D eigenvalue weighted by molar-refractivity contribution is 7.14. The molecular formula is C18H24N4O2S. The number of aryl methyl sites for hydroxylation is 2. The Labute approximate surface area is 151 Å². The molecule has 0 bridgehead atoms. The Morgan fingerprint density at radius 2 is 2.16 bits per heavy atom. The summed E-state index contributed by atoms with van der Waals surface area (Å²) in [5.41, 5.74) is 1.97. The predicted octanol–water partition coefficient (Wildman–Crippen LogP) is 2.58. The zero-order valence-corrected chi connectivity index (χ0v) is 15.2. The molecule has 25 heavy (non-hydrogen) atoms. The standard InChI is InChI=1S/C18H24N4O2S/c23-12-14-10-22(20-19-14)15-6-4-8-21(11-15)18(24)17-9-13-5-2-1-3-7-16(13)25-17/h9-10,15,23H,1-8,11-12H2. The molecule has 2 aromatic rings. The van der Waals surface area contributed by atoms with Crippen LogP contribution in [-0.4, -0.2) is 44.0 Å². The maximum absolute atomic E-state index is 13.0. The minimum atomic E-state index is -0.101. The van der Waals surface area contributed by atoms with Gasteiger partial charge in [-0.05, 0) is 50.2 Å². The monoisotopic (exact) mass is 360 g/mol. The van der Waals surface area contributed by atoms with E-state index >= 15 is 0 Å². The van der Waals surface area contributed by atoms with E-state index in [2.05, 4.69) is 16.4 Å². The Morgan fingerprint density at radius 3 is 3.00 bits per heavy atom. The van der Waals surface area contributed by atoms with Gasteiger partial charge in [0.15, 0.2) is 0 Å². The molecule has 0 saturated carbocycles. The van der Waals surface area contributed by atoms with Crippen LogP contribution in [0.2, 0.25) is 0 Å². The number of rotatable bonds is 3. The van der Waals surface area contributed by atoms with Crippen LogP contribution in [0.25, 0.3) is 0 Å². The van der Waals surface area contributed by atoms with Gasteiger partial charge in [-0.15, -0.1) is 16.4 Å². The Bertz CT molecular complexity index is 731. The zero-order valence-electron chi connectivity index (χ0n) is 14.4. The molecule has 1 N–H and O–H groups in total. The molecule has 1 amide bonds. The van der Waals surface area contributed by atoms with Gasteiger partial charge >= 0.3 is 0 Å². The Balaban J connectivity index is 1.48. The molecule has 1 aliphatic heterocycles. The highest BCUT2D eigenvalue weighted by atomic mass is 32.1. The number of thiophene rings is 1. The van der Waals surface area contributed by atoms with Crippen LogP contribution in [0, 0.1) is 0 Å². The fraction of sp³-hybridized carbons (Fsp3) is 0.611. The van der Waals surface area contributed by atoms with Crippen molar-refractivity contribution in [2.75, 3.05) is 13.1 Å². The molecule has 1 saturated heterocycles. The molecule has 134 valence electrons. The van der Waals surface area contributed by atoms with E-state index in [1.54, 1.807) is 22.2 Å². The fourth-order valence-electron chi connectivity index (χ4n) is 3.85. The SMILES string of the molecule is O=C(c1cc2c(s1)CCCCC2)N1CCCC(n2cc(CO)nn2)C1. The molecule has 6 nitrogen and oxygen atoms in total. The Morgan fingerprint density at radius 1 is 1.28 bits per heavy atom. The molecule has 1 atom stereocenters. The lowest BCUT2D eigenvalue weighted by molar-refractivity contribution is 0.0676. The summed E-state index contributed by atoms with van der Waals surface area (Å²) in [5.74, 6) is 0.158. The Kier molecular flexibility index (Phi) is 4.85. The van der Waals surface area contributed by atoms with Gasteiger partial charge < -0.3 is 10.0 Å². The van der Waals surface area contributed by atoms with Gasteiger partial charge in [-0.2, -0.15) is 0 Å². The molecule has 1 unspecified atom stereocenters. The summed E-state index contributed by atoms with van der Waals surface area (Å²) in [6.07, 6.45) is 9.76. The van der Waals surface area contributed by atoms with Gasteiger partial charge in [-0.3, -0.25) is 4.79 Å². The summed E-state index contributed by atoms with van der Waals surface area (Å²) in [7, 11) is 0. The molecular weight excluding hydrogens is 336 g/mol. The molecule has 1 fully saturated rings. The lowest BCUT2D eigenvalue weighted by atomic mass is 10.1. The number of carbonyl (C=O) groups excluding carboxylic acids is 1. The summed E-state index contributed by atoms with van der Waals surface area (Å²) >= 11 is 1.70. The van der Waals surface area contributed by atoms with Gasteiger partial charge in [0.25, 0.3) is 5.91 Å². The van der Waals surface area contributed by atoms with E-state index in [4.69, 9.17) is 5.11 Å². The van der Waals surface area contributed by atoms with Gasteiger partial charge in [0, 0.05) is 18.0 Å². The number of aromatic nitrogens is 3. The average Bonchev–Trinajstić information content (AvgIpc) is 3.23. The minimum absolute atomic E-state index is 0.101. The zero-order chi connectivity index (χ0) is 17.2. The quantitative estimate of drug-likeness (QED) is 0.854. The molecule has 1 aliphatic carbocycles. The first-order valence-electron chi connectivity index (χ1n) is 9.17. The van der Waals surface area contributed by atoms with Gasteiger partial charge in [0.1, 0.15) is 5.69 Å². The number of aliphatic hydroxyl groups excluding tert-OH is 1. The van der Waals surface area contributed by atoms with Crippen LogP contribution in [0.3, 0.4) is 0 Å². The number of likely N-dealkylation sites (tertiary alicyclic amines) is 1. The van der Waals surface area contributed by atoms with E-state index < -0.39 is 0 Å². The molecule has 7 heteroatoms. The predicted molar refractivity (Wildman–Crippen MR) is 95.7 cm³/mol. The molecule has 0 spiro atoms. The summed E-state index contributed by atoms with van der Waals surface area (Å²) in [6.45, 7) is 1.37. The number of piperidine rings is 1. The van der Waals surface area contributed by atoms with Crippen LogP contribution in [0.4, 0.5) is 0 Å². The molecule has 3 heterocycles. The number of aliphatic hydroxyl groups is 1. The van der Waals surface area contributed by atoms with Crippen LogP contribution in [0.15, 0.2) is 12.3 Å². The topological polar surface area (TPSA) is 71.2 Å². The van der Waals surface area contributed by atoms with E-state index in [0.717, 1.165) is 37.1 Å². The lowest BCUT2D eigenvalue weighted by Gasteiger charge is -2.32. The van der Waals surface area contributed by atoms with Crippen LogP contribution >= 0.6 is 11.3 Å². The summed E-state index contributed by atoms with van der Waals surface area (Å²) in [4.78, 5) is 17.3. The smallest absolute Gasteiger partial charge is 0.264 e. The third kappa shape index (κ3) is 3.48. The highest BCUT2D eigenvalue weighted by Crippen LogP contribution is 2.31.